The number of fused-ring (bicyclic) bond motifs is 1. The number of carbonyl (C=O) groups excluding carboxylic acids is 3. The van der Waals surface area contributed by atoms with Gasteiger partial charge in [-0.05, 0) is 62.1 Å². The molecule has 0 spiro atoms. The smallest absolute Gasteiger partial charge is 0.257 e. The van der Waals surface area contributed by atoms with Crippen LogP contribution < -0.4 is 10.1 Å². The second kappa shape index (κ2) is 11.9. The highest BCUT2D eigenvalue weighted by Gasteiger charge is 2.33. The van der Waals surface area contributed by atoms with Gasteiger partial charge in [0.25, 0.3) is 11.8 Å². The summed E-state index contributed by atoms with van der Waals surface area (Å²) < 4.78 is 25.1. The highest BCUT2D eigenvalue weighted by atomic mass is 19.1. The molecule has 8 nitrogen and oxygen atoms in total. The normalized spacial score (nSPS) is 22.6. The predicted octanol–water partition coefficient (Wildman–Crippen LogP) is 4.21. The fraction of sp³-hybridized carbons (Fsp3) is 0.483. The van der Waals surface area contributed by atoms with E-state index in [4.69, 9.17) is 9.47 Å². The number of nitrogens with one attached hydrogen (secondary N) is 1. The fourth-order valence-electron chi connectivity index (χ4n) is 4.69. The number of carbonyl (C=O) groups is 3. The zero-order chi connectivity index (χ0) is 27.4. The Bertz CT molecular complexity index is 1170. The highest BCUT2D eigenvalue weighted by Crippen LogP contribution is 2.33. The topological polar surface area (TPSA) is 88.2 Å². The van der Waals surface area contributed by atoms with Crippen LogP contribution in [-0.4, -0.2) is 73.5 Å². The van der Waals surface area contributed by atoms with E-state index in [0.717, 1.165) is 12.8 Å². The van der Waals surface area contributed by atoms with Gasteiger partial charge in [0.15, 0.2) is 0 Å². The van der Waals surface area contributed by atoms with E-state index in [9.17, 15) is 18.8 Å². The van der Waals surface area contributed by atoms with E-state index in [1.54, 1.807) is 37.3 Å². The quantitative estimate of drug-likeness (QED) is 0.632. The number of hydrogen-bond donors (Lipinski definition) is 1. The van der Waals surface area contributed by atoms with Gasteiger partial charge in [0.1, 0.15) is 18.2 Å². The van der Waals surface area contributed by atoms with E-state index in [-0.39, 0.29) is 36.5 Å². The van der Waals surface area contributed by atoms with E-state index < -0.39 is 11.7 Å². The van der Waals surface area contributed by atoms with Gasteiger partial charge >= 0.3 is 0 Å². The number of nitrogens with zero attached hydrogens (tertiary/aromatic N) is 2. The molecule has 1 N–H and O–H groups in total. The van der Waals surface area contributed by atoms with Crippen molar-refractivity contribution in [2.45, 2.75) is 45.3 Å². The summed E-state index contributed by atoms with van der Waals surface area (Å²) in [6.07, 6.45) is 2.45. The number of ether oxygens (including phenoxy) is 2. The molecule has 2 aromatic rings. The van der Waals surface area contributed by atoms with Crippen LogP contribution in [0.15, 0.2) is 42.5 Å². The Morgan fingerprint density at radius 3 is 2.47 bits per heavy atom. The molecule has 2 aliphatic rings. The Kier molecular flexibility index (Phi) is 8.66. The fourth-order valence-corrected chi connectivity index (χ4v) is 4.69. The third kappa shape index (κ3) is 6.69. The molecule has 0 saturated heterocycles. The molecule has 1 aliphatic heterocycles. The summed E-state index contributed by atoms with van der Waals surface area (Å²) >= 11 is 0. The van der Waals surface area contributed by atoms with Gasteiger partial charge in [-0.15, -0.1) is 0 Å². The van der Waals surface area contributed by atoms with Crippen molar-refractivity contribution in [3.8, 4) is 5.75 Å². The molecule has 4 rings (SSSR count). The molecule has 1 aliphatic carbocycles. The van der Waals surface area contributed by atoms with E-state index in [0.29, 0.717) is 48.0 Å². The highest BCUT2D eigenvalue weighted by molar-refractivity contribution is 6.05. The van der Waals surface area contributed by atoms with Crippen LogP contribution in [0.1, 0.15) is 53.8 Å². The minimum Gasteiger partial charge on any atom is -0.491 e. The Hall–Kier alpha value is -3.46. The lowest BCUT2D eigenvalue weighted by Gasteiger charge is -2.36. The van der Waals surface area contributed by atoms with Crippen LogP contribution in [0.4, 0.5) is 10.1 Å². The maximum Gasteiger partial charge on any atom is 0.257 e. The van der Waals surface area contributed by atoms with E-state index in [2.05, 4.69) is 5.32 Å². The largest absolute Gasteiger partial charge is 0.491 e. The van der Waals surface area contributed by atoms with Crippen molar-refractivity contribution in [3.63, 3.8) is 0 Å². The standard InChI is InChI=1S/C29H36FN3O5/c1-18-15-33(27(34)13-20-5-6-20)19(2)17-38-25-14-23(31-28(35)21-7-9-22(30)10-8-21)11-12-24(25)29(36)32(3)16-26(18)37-4/h7-12,14,18-20,26H,5-6,13,15-17H2,1-4H3,(H,31,35)/t18-,19+,26-/m1/s1. The van der Waals surface area contributed by atoms with Crippen molar-refractivity contribution in [2.75, 3.05) is 39.2 Å². The molecule has 1 saturated carbocycles. The first kappa shape index (κ1) is 27.6. The monoisotopic (exact) mass is 525 g/mol. The number of hydrogen-bond acceptors (Lipinski definition) is 5. The SMILES string of the molecule is CO[C@@H]1CN(C)C(=O)c2ccc(NC(=O)c3ccc(F)cc3)cc2OC[C@H](C)N(C(=O)CC2CC2)C[C@H]1C. The van der Waals surface area contributed by atoms with Crippen LogP contribution >= 0.6 is 0 Å². The first-order valence-electron chi connectivity index (χ1n) is 13.1. The lowest BCUT2D eigenvalue weighted by Crippen LogP contribution is -2.48. The van der Waals surface area contributed by atoms with Crippen molar-refractivity contribution in [2.24, 2.45) is 11.8 Å². The minimum atomic E-state index is -0.429. The average molecular weight is 526 g/mol. The molecule has 9 heteroatoms. The summed E-state index contributed by atoms with van der Waals surface area (Å²) in [7, 11) is 3.33. The van der Waals surface area contributed by atoms with Crippen molar-refractivity contribution >= 4 is 23.4 Å². The summed E-state index contributed by atoms with van der Waals surface area (Å²) in [5, 5.41) is 2.78. The lowest BCUT2D eigenvalue weighted by molar-refractivity contribution is -0.135. The Labute approximate surface area is 223 Å². The molecule has 3 atom stereocenters. The van der Waals surface area contributed by atoms with Crippen LogP contribution in [-0.2, 0) is 9.53 Å². The third-order valence-electron chi connectivity index (χ3n) is 7.29. The van der Waals surface area contributed by atoms with Crippen LogP contribution in [0, 0.1) is 17.7 Å². The maximum absolute atomic E-state index is 13.4. The van der Waals surface area contributed by atoms with Gasteiger partial charge < -0.3 is 24.6 Å². The summed E-state index contributed by atoms with van der Waals surface area (Å²) in [6.45, 7) is 5.00. The van der Waals surface area contributed by atoms with Crippen molar-refractivity contribution in [3.05, 3.63) is 59.4 Å². The van der Waals surface area contributed by atoms with E-state index in [1.807, 2.05) is 18.7 Å². The van der Waals surface area contributed by atoms with Gasteiger partial charge in [-0.3, -0.25) is 14.4 Å². The van der Waals surface area contributed by atoms with Crippen LogP contribution in [0.2, 0.25) is 0 Å². The third-order valence-corrected chi connectivity index (χ3v) is 7.29. The molecule has 0 unspecified atom stereocenters. The number of amides is 3. The number of methoxy groups -OCH3 is 1. The van der Waals surface area contributed by atoms with Gasteiger partial charge in [0, 0.05) is 56.9 Å². The molecule has 0 bridgehead atoms. The molecule has 2 aromatic carbocycles. The second-order valence-corrected chi connectivity index (χ2v) is 10.5. The van der Waals surface area contributed by atoms with Gasteiger partial charge in [-0.1, -0.05) is 6.92 Å². The summed E-state index contributed by atoms with van der Waals surface area (Å²) in [5.41, 5.74) is 1.07. The van der Waals surface area contributed by atoms with Crippen molar-refractivity contribution in [1.82, 2.24) is 9.80 Å². The number of halogens is 1. The van der Waals surface area contributed by atoms with Gasteiger partial charge in [-0.25, -0.2) is 4.39 Å². The molecular formula is C29H36FN3O5. The van der Waals surface area contributed by atoms with E-state index in [1.165, 1.54) is 24.3 Å². The first-order chi connectivity index (χ1) is 18.2. The van der Waals surface area contributed by atoms with Crippen LogP contribution in [0.3, 0.4) is 0 Å². The number of benzene rings is 2. The maximum atomic E-state index is 13.4. The first-order valence-corrected chi connectivity index (χ1v) is 13.1. The van der Waals surface area contributed by atoms with E-state index >= 15 is 0 Å². The Morgan fingerprint density at radius 1 is 1.11 bits per heavy atom. The molecule has 38 heavy (non-hydrogen) atoms. The summed E-state index contributed by atoms with van der Waals surface area (Å²) in [4.78, 5) is 42.7. The number of likely N-dealkylation sites (N-methyl/N-ethyl adjacent to an activating group) is 1. The molecular weight excluding hydrogens is 489 g/mol. The predicted molar refractivity (Wildman–Crippen MR) is 142 cm³/mol. The molecule has 0 aromatic heterocycles. The second-order valence-electron chi connectivity index (χ2n) is 10.5. The molecule has 0 radical (unpaired) electrons. The van der Waals surface area contributed by atoms with Gasteiger partial charge in [0.2, 0.25) is 5.91 Å². The minimum absolute atomic E-state index is 0.00352. The Morgan fingerprint density at radius 2 is 1.82 bits per heavy atom. The zero-order valence-corrected chi connectivity index (χ0v) is 22.4. The Balaban J connectivity index is 1.61. The number of rotatable bonds is 5. The van der Waals surface area contributed by atoms with Gasteiger partial charge in [-0.2, -0.15) is 0 Å². The molecule has 1 fully saturated rings. The van der Waals surface area contributed by atoms with Crippen LogP contribution in [0.25, 0.3) is 0 Å². The summed E-state index contributed by atoms with van der Waals surface area (Å²) in [6, 6.07) is 9.85. The van der Waals surface area contributed by atoms with Crippen LogP contribution in [0.5, 0.6) is 5.75 Å². The lowest BCUT2D eigenvalue weighted by atomic mass is 10.0. The van der Waals surface area contributed by atoms with Crippen molar-refractivity contribution in [1.29, 1.82) is 0 Å². The zero-order valence-electron chi connectivity index (χ0n) is 22.4. The molecule has 204 valence electrons. The van der Waals surface area contributed by atoms with Gasteiger partial charge in [0.05, 0.1) is 17.7 Å². The average Bonchev–Trinajstić information content (AvgIpc) is 3.72. The number of anilines is 1. The molecule has 1 heterocycles. The molecule has 3 amide bonds. The van der Waals surface area contributed by atoms with Crippen molar-refractivity contribution < 1.29 is 28.2 Å². The summed E-state index contributed by atoms with van der Waals surface area (Å²) in [5.74, 6) is -0.202.